The zero-order valence-electron chi connectivity index (χ0n) is 19.7. The zero-order valence-corrected chi connectivity index (χ0v) is 19.7. The topological polar surface area (TPSA) is 65.8 Å². The van der Waals surface area contributed by atoms with Crippen molar-refractivity contribution in [1.29, 1.82) is 0 Å². The number of urea groups is 1. The fraction of sp³-hybridized carbons (Fsp3) is 0.333. The van der Waals surface area contributed by atoms with Gasteiger partial charge in [-0.15, -0.1) is 0 Å². The first-order valence-electron chi connectivity index (χ1n) is 11.4. The van der Waals surface area contributed by atoms with E-state index in [0.29, 0.717) is 13.1 Å². The number of benzene rings is 2. The third-order valence-electron chi connectivity index (χ3n) is 5.75. The van der Waals surface area contributed by atoms with Gasteiger partial charge in [0.1, 0.15) is 12.3 Å². The minimum Gasteiger partial charge on any atom is -0.467 e. The van der Waals surface area contributed by atoms with Gasteiger partial charge in [-0.2, -0.15) is 0 Å². The largest absolute Gasteiger partial charge is 0.467 e. The molecule has 0 saturated carbocycles. The van der Waals surface area contributed by atoms with Crippen LogP contribution in [0.2, 0.25) is 0 Å². The van der Waals surface area contributed by atoms with Gasteiger partial charge >= 0.3 is 6.03 Å². The molecule has 3 aromatic rings. The Morgan fingerprint density at radius 3 is 2.48 bits per heavy atom. The Bertz CT molecular complexity index is 1020. The molecule has 6 nitrogen and oxygen atoms in total. The molecule has 1 N–H and O–H groups in total. The van der Waals surface area contributed by atoms with Crippen LogP contribution in [0, 0.1) is 6.92 Å². The van der Waals surface area contributed by atoms with Gasteiger partial charge in [-0.3, -0.25) is 4.79 Å². The van der Waals surface area contributed by atoms with Crippen LogP contribution < -0.4 is 5.32 Å². The standard InChI is InChI=1S/C27H33N3O3/c1-4-22(3)30(27(32)28-24-13-8-10-21(2)18-24)20-26(31)29(19-25-14-9-17-33-25)16-15-23-11-6-5-7-12-23/h5-14,17-18,22H,4,15-16,19-20H2,1-3H3,(H,28,32). The van der Waals surface area contributed by atoms with Crippen molar-refractivity contribution in [1.82, 2.24) is 9.80 Å². The van der Waals surface area contributed by atoms with Gasteiger partial charge in [0, 0.05) is 18.3 Å². The van der Waals surface area contributed by atoms with Crippen LogP contribution in [0.15, 0.2) is 77.4 Å². The third kappa shape index (κ3) is 7.24. The lowest BCUT2D eigenvalue weighted by Gasteiger charge is -2.31. The second-order valence-corrected chi connectivity index (χ2v) is 8.32. The molecule has 1 unspecified atom stereocenters. The highest BCUT2D eigenvalue weighted by atomic mass is 16.3. The second kappa shape index (κ2) is 11.9. The number of nitrogens with one attached hydrogen (secondary N) is 1. The number of hydrogen-bond acceptors (Lipinski definition) is 3. The maximum atomic E-state index is 13.4. The lowest BCUT2D eigenvalue weighted by Crippen LogP contribution is -2.48. The Morgan fingerprint density at radius 2 is 1.82 bits per heavy atom. The Hall–Kier alpha value is -3.54. The molecule has 0 fully saturated rings. The Balaban J connectivity index is 1.72. The molecule has 2 aromatic carbocycles. The van der Waals surface area contributed by atoms with Crippen LogP contribution in [0.5, 0.6) is 0 Å². The maximum absolute atomic E-state index is 13.4. The number of rotatable bonds is 10. The number of anilines is 1. The van der Waals surface area contributed by atoms with Gasteiger partial charge < -0.3 is 19.5 Å². The summed E-state index contributed by atoms with van der Waals surface area (Å²) >= 11 is 0. The average Bonchev–Trinajstić information content (AvgIpc) is 3.33. The molecule has 1 heterocycles. The van der Waals surface area contributed by atoms with E-state index in [4.69, 9.17) is 4.42 Å². The molecule has 0 aliphatic carbocycles. The van der Waals surface area contributed by atoms with Crippen LogP contribution in [-0.2, 0) is 17.8 Å². The Morgan fingerprint density at radius 1 is 1.03 bits per heavy atom. The van der Waals surface area contributed by atoms with E-state index in [1.807, 2.05) is 75.4 Å². The monoisotopic (exact) mass is 447 g/mol. The van der Waals surface area contributed by atoms with Crippen LogP contribution >= 0.6 is 0 Å². The summed E-state index contributed by atoms with van der Waals surface area (Å²) in [5.74, 6) is 0.609. The normalized spacial score (nSPS) is 11.6. The van der Waals surface area contributed by atoms with E-state index in [-0.39, 0.29) is 24.5 Å². The van der Waals surface area contributed by atoms with Crippen LogP contribution in [0.25, 0.3) is 0 Å². The number of aryl methyl sites for hydroxylation is 1. The fourth-order valence-electron chi connectivity index (χ4n) is 3.60. The molecule has 0 spiro atoms. The van der Waals surface area contributed by atoms with E-state index in [1.165, 1.54) is 0 Å². The van der Waals surface area contributed by atoms with E-state index in [1.54, 1.807) is 16.1 Å². The van der Waals surface area contributed by atoms with Gasteiger partial charge in [0.25, 0.3) is 0 Å². The number of furan rings is 1. The van der Waals surface area contributed by atoms with E-state index in [2.05, 4.69) is 17.4 Å². The van der Waals surface area contributed by atoms with Gasteiger partial charge in [0.2, 0.25) is 5.91 Å². The van der Waals surface area contributed by atoms with Crippen molar-refractivity contribution in [3.8, 4) is 0 Å². The lowest BCUT2D eigenvalue weighted by atomic mass is 10.1. The van der Waals surface area contributed by atoms with Gasteiger partial charge in [0.15, 0.2) is 0 Å². The Labute approximate surface area is 196 Å². The van der Waals surface area contributed by atoms with E-state index < -0.39 is 0 Å². The predicted molar refractivity (Wildman–Crippen MR) is 131 cm³/mol. The molecular weight excluding hydrogens is 414 g/mol. The first-order valence-corrected chi connectivity index (χ1v) is 11.4. The summed E-state index contributed by atoms with van der Waals surface area (Å²) in [5, 5.41) is 2.94. The molecule has 1 aromatic heterocycles. The zero-order chi connectivity index (χ0) is 23.6. The van der Waals surface area contributed by atoms with Crippen molar-refractivity contribution < 1.29 is 14.0 Å². The molecule has 6 heteroatoms. The first kappa shape index (κ1) is 24.1. The maximum Gasteiger partial charge on any atom is 0.322 e. The summed E-state index contributed by atoms with van der Waals surface area (Å²) < 4.78 is 5.49. The molecule has 0 saturated heterocycles. The number of carbonyl (C=O) groups is 2. The highest BCUT2D eigenvalue weighted by molar-refractivity contribution is 5.92. The smallest absolute Gasteiger partial charge is 0.322 e. The summed E-state index contributed by atoms with van der Waals surface area (Å²) in [4.78, 5) is 29.9. The van der Waals surface area contributed by atoms with Crippen molar-refractivity contribution in [3.05, 3.63) is 89.9 Å². The van der Waals surface area contributed by atoms with Gasteiger partial charge in [0.05, 0.1) is 12.8 Å². The lowest BCUT2D eigenvalue weighted by molar-refractivity contribution is -0.133. The van der Waals surface area contributed by atoms with E-state index >= 15 is 0 Å². The SMILES string of the molecule is CCC(C)N(CC(=O)N(CCc1ccccc1)Cc1ccco1)C(=O)Nc1cccc(C)c1. The first-order chi connectivity index (χ1) is 16.0. The van der Waals surface area contributed by atoms with Crippen LogP contribution in [0.4, 0.5) is 10.5 Å². The van der Waals surface area contributed by atoms with Gasteiger partial charge in [-0.05, 0) is 62.1 Å². The molecular formula is C27H33N3O3. The summed E-state index contributed by atoms with van der Waals surface area (Å²) in [6, 6.07) is 21.0. The summed E-state index contributed by atoms with van der Waals surface area (Å²) in [7, 11) is 0. The minimum absolute atomic E-state index is 0.00214. The molecule has 3 amide bonds. The molecule has 174 valence electrons. The molecule has 3 rings (SSSR count). The minimum atomic E-state index is -0.274. The molecule has 0 bridgehead atoms. The van der Waals surface area contributed by atoms with Crippen LogP contribution in [-0.4, -0.2) is 40.9 Å². The summed E-state index contributed by atoms with van der Waals surface area (Å²) in [6.07, 6.45) is 3.08. The quantitative estimate of drug-likeness (QED) is 0.447. The molecule has 1 atom stereocenters. The van der Waals surface area contributed by atoms with Crippen LogP contribution in [0.3, 0.4) is 0 Å². The fourth-order valence-corrected chi connectivity index (χ4v) is 3.60. The predicted octanol–water partition coefficient (Wildman–Crippen LogP) is 5.49. The molecule has 0 aliphatic heterocycles. The number of hydrogen-bond donors (Lipinski definition) is 1. The van der Waals surface area contributed by atoms with E-state index in [9.17, 15) is 9.59 Å². The van der Waals surface area contributed by atoms with E-state index in [0.717, 1.165) is 35.4 Å². The van der Waals surface area contributed by atoms with Gasteiger partial charge in [-0.25, -0.2) is 4.79 Å². The third-order valence-corrected chi connectivity index (χ3v) is 5.75. The van der Waals surface area contributed by atoms with Crippen molar-refractivity contribution >= 4 is 17.6 Å². The van der Waals surface area contributed by atoms with Crippen molar-refractivity contribution in [2.45, 2.75) is 46.2 Å². The molecule has 0 aliphatic rings. The van der Waals surface area contributed by atoms with Crippen molar-refractivity contribution in [2.75, 3.05) is 18.4 Å². The highest BCUT2D eigenvalue weighted by Gasteiger charge is 2.25. The van der Waals surface area contributed by atoms with Crippen molar-refractivity contribution in [3.63, 3.8) is 0 Å². The number of nitrogens with zero attached hydrogens (tertiary/aromatic N) is 2. The molecule has 33 heavy (non-hydrogen) atoms. The summed E-state index contributed by atoms with van der Waals surface area (Å²) in [6.45, 7) is 6.86. The highest BCUT2D eigenvalue weighted by Crippen LogP contribution is 2.14. The number of carbonyl (C=O) groups excluding carboxylic acids is 2. The molecule has 0 radical (unpaired) electrons. The Kier molecular flexibility index (Phi) is 8.70. The van der Waals surface area contributed by atoms with Crippen molar-refractivity contribution in [2.24, 2.45) is 0 Å². The van der Waals surface area contributed by atoms with Crippen LogP contribution in [0.1, 0.15) is 37.2 Å². The van der Waals surface area contributed by atoms with Gasteiger partial charge in [-0.1, -0.05) is 49.4 Å². The second-order valence-electron chi connectivity index (χ2n) is 8.32. The summed E-state index contributed by atoms with van der Waals surface area (Å²) in [5.41, 5.74) is 2.94. The number of amides is 3. The average molecular weight is 448 g/mol.